The van der Waals surface area contributed by atoms with Crippen LogP contribution in [-0.4, -0.2) is 28.3 Å². The summed E-state index contributed by atoms with van der Waals surface area (Å²) in [5.41, 5.74) is 1.77. The van der Waals surface area contributed by atoms with Crippen LogP contribution in [0.3, 0.4) is 0 Å². The van der Waals surface area contributed by atoms with Crippen LogP contribution in [0.2, 0.25) is 5.15 Å². The fraction of sp³-hybridized carbons (Fsp3) is 0.385. The SMILES string of the molecule is Cl.Clc1nc2ccccc2nc1SC1CCCNC1. The molecule has 1 saturated heterocycles. The smallest absolute Gasteiger partial charge is 0.161 e. The molecule has 0 bridgehead atoms. The predicted octanol–water partition coefficient (Wildman–Crippen LogP) is 3.55. The average molecular weight is 316 g/mol. The van der Waals surface area contributed by atoms with Gasteiger partial charge in [-0.05, 0) is 31.5 Å². The van der Waals surface area contributed by atoms with Crippen LogP contribution in [0.4, 0.5) is 0 Å². The molecule has 1 aromatic carbocycles. The maximum Gasteiger partial charge on any atom is 0.161 e. The second-order valence-corrected chi connectivity index (χ2v) is 6.04. The average Bonchev–Trinajstić information content (AvgIpc) is 2.41. The highest BCUT2D eigenvalue weighted by Crippen LogP contribution is 2.31. The summed E-state index contributed by atoms with van der Waals surface area (Å²) in [6, 6.07) is 7.83. The number of halogens is 2. The Morgan fingerprint density at radius 3 is 2.63 bits per heavy atom. The summed E-state index contributed by atoms with van der Waals surface area (Å²) < 4.78 is 0. The number of benzene rings is 1. The minimum Gasteiger partial charge on any atom is -0.316 e. The number of thioether (sulfide) groups is 1. The van der Waals surface area contributed by atoms with E-state index >= 15 is 0 Å². The molecule has 0 amide bonds. The number of nitrogens with zero attached hydrogens (tertiary/aromatic N) is 2. The van der Waals surface area contributed by atoms with E-state index in [0.29, 0.717) is 10.4 Å². The highest BCUT2D eigenvalue weighted by atomic mass is 35.5. The molecular formula is C13H15Cl2N3S. The van der Waals surface area contributed by atoms with E-state index in [1.165, 1.54) is 12.8 Å². The minimum atomic E-state index is 0. The predicted molar refractivity (Wildman–Crippen MR) is 83.5 cm³/mol. The molecule has 2 aromatic rings. The molecule has 3 nitrogen and oxygen atoms in total. The van der Waals surface area contributed by atoms with Crippen LogP contribution >= 0.6 is 35.8 Å². The summed E-state index contributed by atoms with van der Waals surface area (Å²) in [5.74, 6) is 0. The summed E-state index contributed by atoms with van der Waals surface area (Å²) in [4.78, 5) is 9.01. The standard InChI is InChI=1S/C13H14ClN3S.ClH/c14-12-13(18-9-4-3-7-15-8-9)17-11-6-2-1-5-10(11)16-12;/h1-2,5-6,9,15H,3-4,7-8H2;1H. The lowest BCUT2D eigenvalue weighted by atomic mass is 10.2. The van der Waals surface area contributed by atoms with Gasteiger partial charge in [-0.2, -0.15) is 0 Å². The molecule has 3 rings (SSSR count). The van der Waals surface area contributed by atoms with Crippen LogP contribution in [-0.2, 0) is 0 Å². The van der Waals surface area contributed by atoms with E-state index in [-0.39, 0.29) is 12.4 Å². The molecule has 1 fully saturated rings. The van der Waals surface area contributed by atoms with E-state index in [4.69, 9.17) is 11.6 Å². The Hall–Kier alpha value is -0.550. The Kier molecular flexibility index (Phi) is 5.28. The van der Waals surface area contributed by atoms with Gasteiger partial charge in [-0.25, -0.2) is 9.97 Å². The van der Waals surface area contributed by atoms with Crippen molar-refractivity contribution in [1.29, 1.82) is 0 Å². The van der Waals surface area contributed by atoms with E-state index in [2.05, 4.69) is 15.3 Å². The quantitative estimate of drug-likeness (QED) is 0.919. The van der Waals surface area contributed by atoms with Crippen molar-refractivity contribution in [2.45, 2.75) is 23.1 Å². The van der Waals surface area contributed by atoms with Crippen LogP contribution in [0.15, 0.2) is 29.3 Å². The number of piperidine rings is 1. The Balaban J connectivity index is 0.00000133. The lowest BCUT2D eigenvalue weighted by molar-refractivity contribution is 0.531. The fourth-order valence-electron chi connectivity index (χ4n) is 2.12. The Bertz CT molecular complexity index is 559. The lowest BCUT2D eigenvalue weighted by Gasteiger charge is -2.21. The highest BCUT2D eigenvalue weighted by molar-refractivity contribution is 8.00. The van der Waals surface area contributed by atoms with E-state index in [1.54, 1.807) is 11.8 Å². The molecule has 0 spiro atoms. The van der Waals surface area contributed by atoms with Crippen molar-refractivity contribution < 1.29 is 0 Å². The molecule has 1 N–H and O–H groups in total. The molecule has 19 heavy (non-hydrogen) atoms. The van der Waals surface area contributed by atoms with Crippen LogP contribution in [0.1, 0.15) is 12.8 Å². The largest absolute Gasteiger partial charge is 0.316 e. The van der Waals surface area contributed by atoms with Crippen molar-refractivity contribution in [2.24, 2.45) is 0 Å². The summed E-state index contributed by atoms with van der Waals surface area (Å²) in [5, 5.41) is 5.32. The van der Waals surface area contributed by atoms with Gasteiger partial charge in [-0.3, -0.25) is 0 Å². The second-order valence-electron chi connectivity index (χ2n) is 4.39. The molecule has 2 heterocycles. The first-order valence-corrected chi connectivity index (χ1v) is 7.38. The topological polar surface area (TPSA) is 37.8 Å². The number of fused-ring (bicyclic) bond motifs is 1. The van der Waals surface area contributed by atoms with Crippen molar-refractivity contribution in [3.05, 3.63) is 29.4 Å². The molecular weight excluding hydrogens is 301 g/mol. The van der Waals surface area contributed by atoms with Crippen molar-refractivity contribution in [3.63, 3.8) is 0 Å². The molecule has 1 unspecified atom stereocenters. The van der Waals surface area contributed by atoms with E-state index in [1.807, 2.05) is 24.3 Å². The van der Waals surface area contributed by atoms with Crippen molar-refractivity contribution in [3.8, 4) is 0 Å². The van der Waals surface area contributed by atoms with Crippen molar-refractivity contribution in [2.75, 3.05) is 13.1 Å². The zero-order chi connectivity index (χ0) is 12.4. The number of hydrogen-bond donors (Lipinski definition) is 1. The zero-order valence-electron chi connectivity index (χ0n) is 10.3. The lowest BCUT2D eigenvalue weighted by Crippen LogP contribution is -2.31. The third-order valence-electron chi connectivity index (χ3n) is 3.03. The van der Waals surface area contributed by atoms with Gasteiger partial charge in [0, 0.05) is 11.8 Å². The normalized spacial score (nSPS) is 19.1. The number of hydrogen-bond acceptors (Lipinski definition) is 4. The van der Waals surface area contributed by atoms with Gasteiger partial charge in [-0.1, -0.05) is 35.5 Å². The van der Waals surface area contributed by atoms with Gasteiger partial charge in [0.25, 0.3) is 0 Å². The van der Waals surface area contributed by atoms with Crippen molar-refractivity contribution >= 4 is 46.8 Å². The molecule has 0 aliphatic carbocycles. The van der Waals surface area contributed by atoms with Crippen LogP contribution < -0.4 is 5.32 Å². The molecule has 1 aliphatic rings. The Morgan fingerprint density at radius 2 is 1.95 bits per heavy atom. The molecule has 0 saturated carbocycles. The summed E-state index contributed by atoms with van der Waals surface area (Å²) in [6.45, 7) is 2.14. The van der Waals surface area contributed by atoms with Gasteiger partial charge in [0.2, 0.25) is 0 Å². The minimum absolute atomic E-state index is 0. The summed E-state index contributed by atoms with van der Waals surface area (Å²) >= 11 is 7.95. The van der Waals surface area contributed by atoms with Crippen LogP contribution in [0, 0.1) is 0 Å². The number of rotatable bonds is 2. The molecule has 1 atom stereocenters. The zero-order valence-corrected chi connectivity index (χ0v) is 12.7. The Morgan fingerprint density at radius 1 is 1.21 bits per heavy atom. The highest BCUT2D eigenvalue weighted by Gasteiger charge is 2.17. The van der Waals surface area contributed by atoms with Gasteiger partial charge in [-0.15, -0.1) is 12.4 Å². The number of para-hydroxylation sites is 2. The molecule has 1 aliphatic heterocycles. The third-order valence-corrected chi connectivity index (χ3v) is 4.65. The second kappa shape index (κ2) is 6.75. The van der Waals surface area contributed by atoms with E-state index in [9.17, 15) is 0 Å². The first-order valence-electron chi connectivity index (χ1n) is 6.12. The molecule has 1 aromatic heterocycles. The van der Waals surface area contributed by atoms with E-state index < -0.39 is 0 Å². The van der Waals surface area contributed by atoms with Gasteiger partial charge in [0.15, 0.2) is 5.15 Å². The number of aromatic nitrogens is 2. The third kappa shape index (κ3) is 3.51. The van der Waals surface area contributed by atoms with Gasteiger partial charge >= 0.3 is 0 Å². The fourth-order valence-corrected chi connectivity index (χ4v) is 3.48. The van der Waals surface area contributed by atoms with Crippen molar-refractivity contribution in [1.82, 2.24) is 15.3 Å². The maximum atomic E-state index is 6.21. The summed E-state index contributed by atoms with van der Waals surface area (Å²) in [7, 11) is 0. The molecule has 0 radical (unpaired) electrons. The molecule has 102 valence electrons. The maximum absolute atomic E-state index is 6.21. The van der Waals surface area contributed by atoms with E-state index in [0.717, 1.165) is 29.1 Å². The van der Waals surface area contributed by atoms with Crippen LogP contribution in [0.25, 0.3) is 11.0 Å². The first kappa shape index (κ1) is 14.9. The number of nitrogens with one attached hydrogen (secondary N) is 1. The van der Waals surface area contributed by atoms with Gasteiger partial charge in [0.05, 0.1) is 11.0 Å². The Labute approximate surface area is 128 Å². The van der Waals surface area contributed by atoms with Crippen LogP contribution in [0.5, 0.6) is 0 Å². The monoisotopic (exact) mass is 315 g/mol. The summed E-state index contributed by atoms with van der Waals surface area (Å²) in [6.07, 6.45) is 2.43. The molecule has 6 heteroatoms. The first-order chi connectivity index (χ1) is 8.83. The van der Waals surface area contributed by atoms with Gasteiger partial charge < -0.3 is 5.32 Å². The van der Waals surface area contributed by atoms with Gasteiger partial charge in [0.1, 0.15) is 5.03 Å².